The molecule has 9 aromatic carbocycles. The summed E-state index contributed by atoms with van der Waals surface area (Å²) in [6, 6.07) is 74.4. The molecular weight excluding hydrogens is 771 g/mol. The molecule has 13 rings (SSSR count). The third kappa shape index (κ3) is 5.55. The Balaban J connectivity index is 1.13. The van der Waals surface area contributed by atoms with Crippen molar-refractivity contribution in [3.63, 3.8) is 0 Å². The SMILES string of the molecule is c1ccc(-c2nc(-c3ccccc3)nc(-c3ccc(-n4c5ccccc5c5ccc6c7ccccc7oc6c54)cc3-c3ccc4c5ccccc5n(-c5ccccc5)c4c3)n2)cc1. The van der Waals surface area contributed by atoms with Gasteiger partial charge in [0.25, 0.3) is 0 Å². The molecule has 0 atom stereocenters. The molecule has 0 amide bonds. The molecule has 0 bridgehead atoms. The number of benzene rings is 9. The lowest BCUT2D eigenvalue weighted by atomic mass is 9.96. The fourth-order valence-electron chi connectivity index (χ4n) is 9.53. The highest BCUT2D eigenvalue weighted by molar-refractivity contribution is 6.21. The van der Waals surface area contributed by atoms with Crippen molar-refractivity contribution in [3.05, 3.63) is 212 Å². The van der Waals surface area contributed by atoms with Gasteiger partial charge in [0, 0.05) is 60.4 Å². The highest BCUT2D eigenvalue weighted by atomic mass is 16.3. The maximum Gasteiger partial charge on any atom is 0.164 e. The summed E-state index contributed by atoms with van der Waals surface area (Å²) >= 11 is 0. The lowest BCUT2D eigenvalue weighted by molar-refractivity contribution is 0.671. The Morgan fingerprint density at radius 3 is 1.57 bits per heavy atom. The van der Waals surface area contributed by atoms with Crippen LogP contribution >= 0.6 is 0 Å². The van der Waals surface area contributed by atoms with Crippen LogP contribution in [0.5, 0.6) is 0 Å². The highest BCUT2D eigenvalue weighted by Crippen LogP contribution is 2.43. The molecule has 4 aromatic heterocycles. The molecular formula is C57H35N5O. The molecule has 0 spiro atoms. The molecule has 294 valence electrons. The zero-order valence-electron chi connectivity index (χ0n) is 33.9. The Morgan fingerprint density at radius 1 is 0.317 bits per heavy atom. The van der Waals surface area contributed by atoms with E-state index in [9.17, 15) is 0 Å². The summed E-state index contributed by atoms with van der Waals surface area (Å²) in [5, 5.41) is 6.87. The van der Waals surface area contributed by atoms with Crippen LogP contribution in [0.3, 0.4) is 0 Å². The van der Waals surface area contributed by atoms with Crippen molar-refractivity contribution in [2.45, 2.75) is 0 Å². The smallest absolute Gasteiger partial charge is 0.164 e. The highest BCUT2D eigenvalue weighted by Gasteiger charge is 2.23. The van der Waals surface area contributed by atoms with Crippen molar-refractivity contribution in [2.75, 3.05) is 0 Å². The summed E-state index contributed by atoms with van der Waals surface area (Å²) in [7, 11) is 0. The lowest BCUT2D eigenvalue weighted by Crippen LogP contribution is -2.02. The average molecular weight is 806 g/mol. The Kier molecular flexibility index (Phi) is 7.80. The second-order valence-electron chi connectivity index (χ2n) is 16.0. The first-order valence-electron chi connectivity index (χ1n) is 21.2. The molecule has 0 saturated carbocycles. The number of fused-ring (bicyclic) bond motifs is 10. The average Bonchev–Trinajstić information content (AvgIpc) is 4.02. The van der Waals surface area contributed by atoms with Crippen LogP contribution in [0.25, 0.3) is 122 Å². The van der Waals surface area contributed by atoms with E-state index in [1.165, 1.54) is 10.8 Å². The van der Waals surface area contributed by atoms with Gasteiger partial charge in [0.05, 0.1) is 22.1 Å². The predicted molar refractivity (Wildman–Crippen MR) is 258 cm³/mol. The van der Waals surface area contributed by atoms with Crippen molar-refractivity contribution in [1.82, 2.24) is 24.1 Å². The Labute approximate surface area is 361 Å². The summed E-state index contributed by atoms with van der Waals surface area (Å²) in [5.41, 5.74) is 13.0. The van der Waals surface area contributed by atoms with Crippen LogP contribution in [-0.2, 0) is 0 Å². The summed E-state index contributed by atoms with van der Waals surface area (Å²) in [4.78, 5) is 15.6. The van der Waals surface area contributed by atoms with Crippen LogP contribution in [0.1, 0.15) is 0 Å². The molecule has 0 unspecified atom stereocenters. The zero-order chi connectivity index (χ0) is 41.4. The van der Waals surface area contributed by atoms with E-state index in [2.05, 4.69) is 173 Å². The van der Waals surface area contributed by atoms with Gasteiger partial charge in [-0.3, -0.25) is 0 Å². The van der Waals surface area contributed by atoms with E-state index < -0.39 is 0 Å². The van der Waals surface area contributed by atoms with Gasteiger partial charge in [-0.15, -0.1) is 0 Å². The molecule has 0 aliphatic carbocycles. The van der Waals surface area contributed by atoms with Gasteiger partial charge < -0.3 is 13.6 Å². The van der Waals surface area contributed by atoms with E-state index in [1.807, 2.05) is 48.5 Å². The third-order valence-corrected chi connectivity index (χ3v) is 12.4. The molecule has 0 N–H and O–H groups in total. The van der Waals surface area contributed by atoms with Gasteiger partial charge in [0.2, 0.25) is 0 Å². The van der Waals surface area contributed by atoms with E-state index in [-0.39, 0.29) is 0 Å². The number of nitrogens with zero attached hydrogens (tertiary/aromatic N) is 5. The minimum atomic E-state index is 0.592. The number of aromatic nitrogens is 5. The summed E-state index contributed by atoms with van der Waals surface area (Å²) < 4.78 is 11.5. The monoisotopic (exact) mass is 805 g/mol. The Bertz CT molecular complexity index is 3850. The van der Waals surface area contributed by atoms with Gasteiger partial charge >= 0.3 is 0 Å². The fourth-order valence-corrected chi connectivity index (χ4v) is 9.53. The van der Waals surface area contributed by atoms with Crippen LogP contribution < -0.4 is 0 Å². The van der Waals surface area contributed by atoms with Gasteiger partial charge in [-0.1, -0.05) is 152 Å². The van der Waals surface area contributed by atoms with Gasteiger partial charge in [0.1, 0.15) is 5.58 Å². The normalized spacial score (nSPS) is 11.8. The number of hydrogen-bond acceptors (Lipinski definition) is 4. The largest absolute Gasteiger partial charge is 0.454 e. The second kappa shape index (κ2) is 14.0. The maximum absolute atomic E-state index is 6.76. The summed E-state index contributed by atoms with van der Waals surface area (Å²) in [6.07, 6.45) is 0. The van der Waals surface area contributed by atoms with Gasteiger partial charge in [-0.2, -0.15) is 0 Å². The van der Waals surface area contributed by atoms with Crippen molar-refractivity contribution >= 4 is 65.6 Å². The zero-order valence-corrected chi connectivity index (χ0v) is 33.9. The molecule has 0 aliphatic heterocycles. The minimum absolute atomic E-state index is 0.592. The van der Waals surface area contributed by atoms with Gasteiger partial charge in [-0.25, -0.2) is 15.0 Å². The van der Waals surface area contributed by atoms with Crippen LogP contribution in [0.4, 0.5) is 0 Å². The van der Waals surface area contributed by atoms with Gasteiger partial charge in [0.15, 0.2) is 23.1 Å². The molecule has 0 saturated heterocycles. The number of hydrogen-bond donors (Lipinski definition) is 0. The van der Waals surface area contributed by atoms with E-state index in [4.69, 9.17) is 19.4 Å². The van der Waals surface area contributed by atoms with Crippen molar-refractivity contribution in [3.8, 4) is 56.7 Å². The number of furan rings is 1. The predicted octanol–water partition coefficient (Wildman–Crippen LogP) is 14.6. The topological polar surface area (TPSA) is 61.7 Å². The first-order chi connectivity index (χ1) is 31.2. The fraction of sp³-hybridized carbons (Fsp3) is 0. The quantitative estimate of drug-likeness (QED) is 0.168. The number of para-hydroxylation sites is 4. The maximum atomic E-state index is 6.76. The van der Waals surface area contributed by atoms with Crippen LogP contribution in [0, 0.1) is 0 Å². The molecule has 4 heterocycles. The molecule has 0 aliphatic rings. The molecule has 6 heteroatoms. The Morgan fingerprint density at radius 2 is 0.857 bits per heavy atom. The first-order valence-corrected chi connectivity index (χ1v) is 21.2. The van der Waals surface area contributed by atoms with Gasteiger partial charge in [-0.05, 0) is 71.8 Å². The lowest BCUT2D eigenvalue weighted by Gasteiger charge is -2.16. The molecule has 6 nitrogen and oxygen atoms in total. The third-order valence-electron chi connectivity index (χ3n) is 12.4. The van der Waals surface area contributed by atoms with E-state index in [1.54, 1.807) is 0 Å². The molecule has 63 heavy (non-hydrogen) atoms. The van der Waals surface area contributed by atoms with Crippen LogP contribution in [0.2, 0.25) is 0 Å². The first kappa shape index (κ1) is 35.2. The summed E-state index contributed by atoms with van der Waals surface area (Å²) in [6.45, 7) is 0. The molecule has 0 fully saturated rings. The Hall–Kier alpha value is -8.61. The van der Waals surface area contributed by atoms with Crippen molar-refractivity contribution in [2.24, 2.45) is 0 Å². The second-order valence-corrected chi connectivity index (χ2v) is 16.0. The van der Waals surface area contributed by atoms with Crippen molar-refractivity contribution in [1.29, 1.82) is 0 Å². The standard InChI is InChI=1S/C57H35N5O/c1-4-16-36(17-5-1)55-58-56(37-18-6-2-7-19-37)60-57(59-55)47-31-29-40(62-50-26-14-11-23-42(50)45-32-33-46-44-24-12-15-27-52(44)63-54(46)53(45)62)35-48(47)38-28-30-43-41-22-10-13-25-49(41)61(51(43)34-38)39-20-8-3-9-21-39/h1-35H. The summed E-state index contributed by atoms with van der Waals surface area (Å²) in [5.74, 6) is 1.82. The molecule has 13 aromatic rings. The van der Waals surface area contributed by atoms with Crippen LogP contribution in [0.15, 0.2) is 217 Å². The van der Waals surface area contributed by atoms with Crippen LogP contribution in [-0.4, -0.2) is 24.1 Å². The number of rotatable bonds is 6. The van der Waals surface area contributed by atoms with Crippen molar-refractivity contribution < 1.29 is 4.42 Å². The van der Waals surface area contributed by atoms with E-state index in [0.717, 1.165) is 94.0 Å². The van der Waals surface area contributed by atoms with E-state index in [0.29, 0.717) is 17.5 Å². The minimum Gasteiger partial charge on any atom is -0.454 e. The van der Waals surface area contributed by atoms with E-state index >= 15 is 0 Å². The molecule has 0 radical (unpaired) electrons.